The van der Waals surface area contributed by atoms with Gasteiger partial charge < -0.3 is 15.0 Å². The van der Waals surface area contributed by atoms with Gasteiger partial charge >= 0.3 is 0 Å². The highest BCUT2D eigenvalue weighted by Crippen LogP contribution is 2.29. The van der Waals surface area contributed by atoms with E-state index >= 15 is 0 Å². The van der Waals surface area contributed by atoms with E-state index in [1.807, 2.05) is 24.1 Å². The van der Waals surface area contributed by atoms with Crippen LogP contribution in [0.5, 0.6) is 5.75 Å². The second-order valence-electron chi connectivity index (χ2n) is 5.68. The molecule has 1 aromatic heterocycles. The molecule has 5 nitrogen and oxygen atoms in total. The fraction of sp³-hybridized carbons (Fsp3) is 0.412. The maximum absolute atomic E-state index is 12.3. The summed E-state index contributed by atoms with van der Waals surface area (Å²) in [6, 6.07) is 7.75. The Hall–Kier alpha value is -1.27. The summed E-state index contributed by atoms with van der Waals surface area (Å²) >= 11 is 6.16. The molecule has 1 aromatic carbocycles. The average Bonchev–Trinajstić information content (AvgIpc) is 2.61. The molecular weight excluding hydrogens is 385 g/mol. The van der Waals surface area contributed by atoms with E-state index in [1.165, 1.54) is 0 Å². The van der Waals surface area contributed by atoms with Crippen LogP contribution in [0.2, 0.25) is 5.02 Å². The van der Waals surface area contributed by atoms with Crippen LogP contribution >= 0.6 is 36.4 Å². The summed E-state index contributed by atoms with van der Waals surface area (Å²) in [6.45, 7) is 1.57. The molecule has 1 aliphatic heterocycles. The van der Waals surface area contributed by atoms with Crippen LogP contribution in [0.4, 0.5) is 0 Å². The van der Waals surface area contributed by atoms with Gasteiger partial charge in [0.15, 0.2) is 6.61 Å². The lowest BCUT2D eigenvalue weighted by atomic mass is 10.1. The largest absolute Gasteiger partial charge is 0.481 e. The van der Waals surface area contributed by atoms with Crippen molar-refractivity contribution in [3.05, 3.63) is 35.5 Å². The summed E-state index contributed by atoms with van der Waals surface area (Å²) in [5.74, 6) is 0.599. The van der Waals surface area contributed by atoms with E-state index in [0.29, 0.717) is 22.3 Å². The zero-order chi connectivity index (χ0) is 16.2. The topological polar surface area (TPSA) is 54.5 Å². The maximum Gasteiger partial charge on any atom is 0.260 e. The number of aromatic nitrogens is 1. The van der Waals surface area contributed by atoms with Crippen molar-refractivity contribution in [2.45, 2.75) is 18.9 Å². The molecule has 2 aromatic rings. The van der Waals surface area contributed by atoms with Crippen LogP contribution in [-0.2, 0) is 4.79 Å². The van der Waals surface area contributed by atoms with Gasteiger partial charge in [-0.2, -0.15) is 0 Å². The van der Waals surface area contributed by atoms with E-state index in [9.17, 15) is 4.79 Å². The Bertz CT molecular complexity index is 707. The van der Waals surface area contributed by atoms with Gasteiger partial charge in [-0.3, -0.25) is 9.78 Å². The summed E-state index contributed by atoms with van der Waals surface area (Å²) in [5, 5.41) is 4.71. The number of ether oxygens (including phenoxy) is 1. The third kappa shape index (κ3) is 5.11. The van der Waals surface area contributed by atoms with E-state index in [4.69, 9.17) is 16.3 Å². The lowest BCUT2D eigenvalue weighted by molar-refractivity contribution is -0.134. The Kier molecular flexibility index (Phi) is 8.73. The number of benzene rings is 1. The van der Waals surface area contributed by atoms with Crippen molar-refractivity contribution >= 4 is 53.2 Å². The molecule has 3 rings (SSSR count). The smallest absolute Gasteiger partial charge is 0.260 e. The van der Waals surface area contributed by atoms with Crippen molar-refractivity contribution in [2.24, 2.45) is 0 Å². The van der Waals surface area contributed by atoms with Gasteiger partial charge in [0.25, 0.3) is 5.91 Å². The number of halogens is 3. The number of carbonyl (C=O) groups is 1. The number of piperidine rings is 1. The fourth-order valence-electron chi connectivity index (χ4n) is 2.88. The lowest BCUT2D eigenvalue weighted by Crippen LogP contribution is -2.45. The van der Waals surface area contributed by atoms with E-state index in [0.717, 1.165) is 31.3 Å². The Balaban J connectivity index is 0.00000156. The minimum absolute atomic E-state index is 0. The normalized spacial score (nSPS) is 14.6. The summed E-state index contributed by atoms with van der Waals surface area (Å²) in [4.78, 5) is 18.5. The van der Waals surface area contributed by atoms with Gasteiger partial charge in [0.2, 0.25) is 0 Å². The first-order chi connectivity index (χ1) is 11.2. The van der Waals surface area contributed by atoms with Crippen LogP contribution in [-0.4, -0.2) is 48.6 Å². The average molecular weight is 407 g/mol. The molecule has 0 spiro atoms. The van der Waals surface area contributed by atoms with Crippen LogP contribution in [0.1, 0.15) is 12.8 Å². The monoisotopic (exact) mass is 405 g/mol. The molecule has 138 valence electrons. The molecule has 8 heteroatoms. The first-order valence-corrected chi connectivity index (χ1v) is 8.18. The molecule has 1 N–H and O–H groups in total. The Morgan fingerprint density at radius 3 is 2.72 bits per heavy atom. The van der Waals surface area contributed by atoms with Crippen molar-refractivity contribution in [2.75, 3.05) is 26.7 Å². The van der Waals surface area contributed by atoms with Gasteiger partial charge in [0.1, 0.15) is 11.3 Å². The van der Waals surface area contributed by atoms with Crippen LogP contribution in [0.3, 0.4) is 0 Å². The highest BCUT2D eigenvalue weighted by molar-refractivity contribution is 6.35. The van der Waals surface area contributed by atoms with Crippen molar-refractivity contribution in [1.82, 2.24) is 15.2 Å². The quantitative estimate of drug-likeness (QED) is 0.846. The van der Waals surface area contributed by atoms with Crippen molar-refractivity contribution in [3.63, 3.8) is 0 Å². The Morgan fingerprint density at radius 1 is 1.32 bits per heavy atom. The van der Waals surface area contributed by atoms with Crippen molar-refractivity contribution in [1.29, 1.82) is 0 Å². The maximum atomic E-state index is 12.3. The van der Waals surface area contributed by atoms with Crippen molar-refractivity contribution < 1.29 is 9.53 Å². The van der Waals surface area contributed by atoms with Gasteiger partial charge in [0.05, 0.1) is 5.02 Å². The summed E-state index contributed by atoms with van der Waals surface area (Å²) in [7, 11) is 1.96. The molecule has 0 radical (unpaired) electrons. The fourth-order valence-corrected chi connectivity index (χ4v) is 3.09. The molecular formula is C17H22Cl3N3O2. The predicted molar refractivity (Wildman–Crippen MR) is 105 cm³/mol. The highest BCUT2D eigenvalue weighted by Gasteiger charge is 2.22. The first kappa shape index (κ1) is 21.8. The van der Waals surface area contributed by atoms with E-state index in [1.54, 1.807) is 18.3 Å². The molecule has 0 unspecified atom stereocenters. The Morgan fingerprint density at radius 2 is 2.04 bits per heavy atom. The number of fused-ring (bicyclic) bond motifs is 1. The second kappa shape index (κ2) is 10.0. The zero-order valence-corrected chi connectivity index (χ0v) is 16.3. The first-order valence-electron chi connectivity index (χ1n) is 7.80. The lowest BCUT2D eigenvalue weighted by Gasteiger charge is -2.31. The van der Waals surface area contributed by atoms with Gasteiger partial charge in [-0.15, -0.1) is 24.8 Å². The molecule has 1 fully saturated rings. The van der Waals surface area contributed by atoms with E-state index in [-0.39, 0.29) is 37.3 Å². The number of pyridine rings is 1. The third-order valence-electron chi connectivity index (χ3n) is 4.29. The zero-order valence-electron chi connectivity index (χ0n) is 13.9. The van der Waals surface area contributed by atoms with Crippen molar-refractivity contribution in [3.8, 4) is 5.75 Å². The molecule has 0 aliphatic carbocycles. The summed E-state index contributed by atoms with van der Waals surface area (Å²) in [5.41, 5.74) is 0.682. The van der Waals surface area contributed by atoms with Crippen LogP contribution in [0.25, 0.3) is 10.9 Å². The van der Waals surface area contributed by atoms with Crippen LogP contribution < -0.4 is 10.1 Å². The number of rotatable bonds is 4. The second-order valence-corrected chi connectivity index (χ2v) is 6.08. The number of nitrogens with one attached hydrogen (secondary N) is 1. The van der Waals surface area contributed by atoms with E-state index < -0.39 is 0 Å². The summed E-state index contributed by atoms with van der Waals surface area (Å²) < 4.78 is 5.71. The number of hydrogen-bond donors (Lipinski definition) is 1. The molecule has 0 atom stereocenters. The highest BCUT2D eigenvalue weighted by atomic mass is 35.5. The molecule has 0 saturated carbocycles. The minimum Gasteiger partial charge on any atom is -0.481 e. The molecule has 1 saturated heterocycles. The number of nitrogens with zero attached hydrogens (tertiary/aromatic N) is 2. The van der Waals surface area contributed by atoms with Gasteiger partial charge in [0, 0.05) is 30.7 Å². The molecule has 1 aliphatic rings. The number of likely N-dealkylation sites (tertiary alicyclic amines) is 1. The Labute approximate surface area is 164 Å². The van der Waals surface area contributed by atoms with Gasteiger partial charge in [-0.05, 0) is 44.2 Å². The van der Waals surface area contributed by atoms with Crippen LogP contribution in [0, 0.1) is 0 Å². The van der Waals surface area contributed by atoms with Gasteiger partial charge in [-0.25, -0.2) is 0 Å². The SMILES string of the molecule is CNC1CCN(C(=O)COc2ccc(Cl)c3cccnc23)CC1.Cl.Cl. The number of hydrogen-bond acceptors (Lipinski definition) is 4. The summed E-state index contributed by atoms with van der Waals surface area (Å²) in [6.07, 6.45) is 3.65. The number of amides is 1. The van der Waals surface area contributed by atoms with Crippen LogP contribution in [0.15, 0.2) is 30.5 Å². The number of carbonyl (C=O) groups excluding carboxylic acids is 1. The third-order valence-corrected chi connectivity index (χ3v) is 4.62. The predicted octanol–water partition coefficient (Wildman–Crippen LogP) is 3.32. The molecule has 2 heterocycles. The molecule has 25 heavy (non-hydrogen) atoms. The van der Waals surface area contributed by atoms with Gasteiger partial charge in [-0.1, -0.05) is 11.6 Å². The minimum atomic E-state index is 0. The van der Waals surface area contributed by atoms with E-state index in [2.05, 4.69) is 10.3 Å². The molecule has 1 amide bonds. The standard InChI is InChI=1S/C17H20ClN3O2.2ClH/c1-19-12-6-9-21(10-7-12)16(22)11-23-15-5-4-14(18)13-3-2-8-20-17(13)15;;/h2-5,8,12,19H,6-7,9-11H2,1H3;2*1H. The molecule has 0 bridgehead atoms.